The first-order valence-corrected chi connectivity index (χ1v) is 7.58. The molecule has 19 heavy (non-hydrogen) atoms. The van der Waals surface area contributed by atoms with Gasteiger partial charge in [-0.2, -0.15) is 0 Å². The number of imide groups is 1. The number of likely N-dealkylation sites (tertiary alicyclic amines) is 1. The van der Waals surface area contributed by atoms with Crippen LogP contribution in [0.25, 0.3) is 0 Å². The third-order valence-electron chi connectivity index (χ3n) is 4.90. The Hall–Kier alpha value is -0.970. The van der Waals surface area contributed by atoms with Crippen molar-refractivity contribution >= 4 is 29.0 Å². The molecular formula is C14H22N2O2S. The summed E-state index contributed by atoms with van der Waals surface area (Å²) in [5, 5.41) is 0. The van der Waals surface area contributed by atoms with E-state index >= 15 is 0 Å². The highest BCUT2D eigenvalue weighted by Crippen LogP contribution is 2.42. The second kappa shape index (κ2) is 5.19. The first-order valence-electron chi connectivity index (χ1n) is 7.17. The Morgan fingerprint density at radius 3 is 1.95 bits per heavy atom. The molecule has 0 bridgehead atoms. The highest BCUT2D eigenvalue weighted by Gasteiger charge is 2.55. The monoisotopic (exact) mass is 282 g/mol. The number of hydrogen-bond acceptors (Lipinski definition) is 3. The number of nitrogens with zero attached hydrogens (tertiary/aromatic N) is 1. The van der Waals surface area contributed by atoms with Crippen molar-refractivity contribution in [3.63, 3.8) is 0 Å². The highest BCUT2D eigenvalue weighted by atomic mass is 32.1. The fraction of sp³-hybridized carbons (Fsp3) is 0.786. The largest absolute Gasteiger partial charge is 0.391 e. The van der Waals surface area contributed by atoms with E-state index in [0.717, 1.165) is 25.7 Å². The van der Waals surface area contributed by atoms with Gasteiger partial charge in [-0.15, -0.1) is 0 Å². The summed E-state index contributed by atoms with van der Waals surface area (Å²) in [6.07, 6.45) is 4.91. The number of fused-ring (bicyclic) bond motifs is 1. The number of nitrogens with two attached hydrogens (primary N) is 1. The summed E-state index contributed by atoms with van der Waals surface area (Å²) in [4.78, 5) is 26.9. The molecular weight excluding hydrogens is 260 g/mol. The van der Waals surface area contributed by atoms with Gasteiger partial charge in [0.25, 0.3) is 0 Å². The van der Waals surface area contributed by atoms with Crippen molar-refractivity contribution in [2.24, 2.45) is 17.6 Å². The molecule has 106 valence electrons. The van der Waals surface area contributed by atoms with Gasteiger partial charge >= 0.3 is 0 Å². The number of carbonyl (C=O) groups excluding carboxylic acids is 2. The second-order valence-electron chi connectivity index (χ2n) is 5.61. The minimum absolute atomic E-state index is 0.0498. The summed E-state index contributed by atoms with van der Waals surface area (Å²) in [6.45, 7) is 3.87. The zero-order valence-electron chi connectivity index (χ0n) is 11.6. The van der Waals surface area contributed by atoms with E-state index in [2.05, 4.69) is 0 Å². The quantitative estimate of drug-likeness (QED) is 0.633. The number of amides is 2. The van der Waals surface area contributed by atoms with E-state index in [4.69, 9.17) is 18.0 Å². The predicted octanol–water partition coefficient (Wildman–Crippen LogP) is 2.01. The molecule has 0 radical (unpaired) electrons. The Morgan fingerprint density at radius 2 is 1.63 bits per heavy atom. The molecule has 1 saturated heterocycles. The molecule has 1 aliphatic heterocycles. The Kier molecular flexibility index (Phi) is 3.95. The third-order valence-corrected chi connectivity index (χ3v) is 5.28. The zero-order valence-corrected chi connectivity index (χ0v) is 12.5. The van der Waals surface area contributed by atoms with Crippen LogP contribution >= 0.6 is 12.2 Å². The van der Waals surface area contributed by atoms with Crippen molar-refractivity contribution in [3.05, 3.63) is 0 Å². The number of carbonyl (C=O) groups is 2. The molecule has 1 saturated carbocycles. The summed E-state index contributed by atoms with van der Waals surface area (Å²) in [7, 11) is 0. The molecule has 2 N–H and O–H groups in total. The van der Waals surface area contributed by atoms with Crippen LogP contribution in [-0.4, -0.2) is 27.2 Å². The molecule has 2 unspecified atom stereocenters. The first kappa shape index (κ1) is 14.4. The van der Waals surface area contributed by atoms with Crippen LogP contribution in [0.3, 0.4) is 0 Å². The molecule has 2 amide bonds. The van der Waals surface area contributed by atoms with E-state index in [1.54, 1.807) is 0 Å². The molecule has 2 fully saturated rings. The summed E-state index contributed by atoms with van der Waals surface area (Å²) >= 11 is 5.17. The molecule has 1 heterocycles. The fourth-order valence-corrected chi connectivity index (χ4v) is 3.99. The minimum Gasteiger partial charge on any atom is -0.391 e. The van der Waals surface area contributed by atoms with Crippen molar-refractivity contribution in [2.45, 2.75) is 57.9 Å². The maximum Gasteiger partial charge on any atom is 0.233 e. The van der Waals surface area contributed by atoms with E-state index in [9.17, 15) is 9.59 Å². The van der Waals surface area contributed by atoms with Crippen molar-refractivity contribution in [1.29, 1.82) is 0 Å². The van der Waals surface area contributed by atoms with Gasteiger partial charge in [0.05, 0.1) is 22.4 Å². The minimum atomic E-state index is -0.763. The smallest absolute Gasteiger partial charge is 0.233 e. The molecule has 0 spiro atoms. The molecule has 5 heteroatoms. The van der Waals surface area contributed by atoms with Gasteiger partial charge in [-0.25, -0.2) is 0 Å². The number of hydrogen-bond donors (Lipinski definition) is 1. The van der Waals surface area contributed by atoms with Crippen LogP contribution in [0.15, 0.2) is 0 Å². The zero-order chi connectivity index (χ0) is 14.2. The van der Waals surface area contributed by atoms with Crippen LogP contribution in [0.5, 0.6) is 0 Å². The SMILES string of the molecule is CCC(CC)(C(N)=S)N1C(=O)C2CCCCC2C1=O. The third kappa shape index (κ3) is 1.98. The fourth-order valence-electron chi connectivity index (χ4n) is 3.61. The van der Waals surface area contributed by atoms with Crippen molar-refractivity contribution < 1.29 is 9.59 Å². The van der Waals surface area contributed by atoms with Crippen LogP contribution in [0.2, 0.25) is 0 Å². The van der Waals surface area contributed by atoms with E-state index in [1.165, 1.54) is 4.90 Å². The van der Waals surface area contributed by atoms with Crippen molar-refractivity contribution in [2.75, 3.05) is 0 Å². The molecule has 2 atom stereocenters. The lowest BCUT2D eigenvalue weighted by atomic mass is 9.81. The summed E-state index contributed by atoms with van der Waals surface area (Å²) in [6, 6.07) is 0. The van der Waals surface area contributed by atoms with Gasteiger partial charge in [0, 0.05) is 0 Å². The summed E-state index contributed by atoms with van der Waals surface area (Å²) in [5.41, 5.74) is 5.11. The number of thiocarbonyl (C=S) groups is 1. The average Bonchev–Trinajstić information content (AvgIpc) is 2.66. The lowest BCUT2D eigenvalue weighted by Crippen LogP contribution is -2.58. The van der Waals surface area contributed by atoms with Crippen LogP contribution in [-0.2, 0) is 9.59 Å². The standard InChI is InChI=1S/C14H22N2O2S/c1-3-14(4-2,13(15)19)16-11(17)9-7-5-6-8-10(9)12(16)18/h9-10H,3-8H2,1-2H3,(H2,15,19). The molecule has 4 nitrogen and oxygen atoms in total. The molecule has 0 aromatic carbocycles. The maximum absolute atomic E-state index is 12.6. The lowest BCUT2D eigenvalue weighted by molar-refractivity contribution is -0.145. The molecule has 2 rings (SSSR count). The van der Waals surface area contributed by atoms with E-state index in [1.807, 2.05) is 13.8 Å². The summed E-state index contributed by atoms with van der Waals surface area (Å²) in [5.74, 6) is -0.362. The molecule has 1 aliphatic carbocycles. The van der Waals surface area contributed by atoms with E-state index in [0.29, 0.717) is 12.8 Å². The van der Waals surface area contributed by atoms with Gasteiger partial charge in [-0.3, -0.25) is 14.5 Å². The summed E-state index contributed by atoms with van der Waals surface area (Å²) < 4.78 is 0. The van der Waals surface area contributed by atoms with Crippen LogP contribution in [0.1, 0.15) is 52.4 Å². The topological polar surface area (TPSA) is 63.4 Å². The second-order valence-corrected chi connectivity index (χ2v) is 6.05. The van der Waals surface area contributed by atoms with E-state index in [-0.39, 0.29) is 28.6 Å². The molecule has 0 aromatic heterocycles. The van der Waals surface area contributed by atoms with Gasteiger partial charge in [0.1, 0.15) is 0 Å². The predicted molar refractivity (Wildman–Crippen MR) is 77.4 cm³/mol. The number of rotatable bonds is 4. The Morgan fingerprint density at radius 1 is 1.21 bits per heavy atom. The highest BCUT2D eigenvalue weighted by molar-refractivity contribution is 7.80. The Balaban J connectivity index is 2.40. The Labute approximate surface area is 119 Å². The van der Waals surface area contributed by atoms with Gasteiger partial charge in [0.15, 0.2) is 0 Å². The van der Waals surface area contributed by atoms with Crippen LogP contribution in [0, 0.1) is 11.8 Å². The lowest BCUT2D eigenvalue weighted by Gasteiger charge is -2.38. The van der Waals surface area contributed by atoms with Crippen LogP contribution < -0.4 is 5.73 Å². The maximum atomic E-state index is 12.6. The normalized spacial score (nSPS) is 27.6. The van der Waals surface area contributed by atoms with E-state index < -0.39 is 5.54 Å². The molecule has 0 aromatic rings. The van der Waals surface area contributed by atoms with Crippen LogP contribution in [0.4, 0.5) is 0 Å². The van der Waals surface area contributed by atoms with Gasteiger partial charge < -0.3 is 5.73 Å². The first-order chi connectivity index (χ1) is 8.99. The molecule has 2 aliphatic rings. The van der Waals surface area contributed by atoms with Crippen molar-refractivity contribution in [3.8, 4) is 0 Å². The average molecular weight is 282 g/mol. The van der Waals surface area contributed by atoms with Gasteiger partial charge in [-0.05, 0) is 25.7 Å². The van der Waals surface area contributed by atoms with Crippen molar-refractivity contribution in [1.82, 2.24) is 4.90 Å². The van der Waals surface area contributed by atoms with Gasteiger partial charge in [-0.1, -0.05) is 38.9 Å². The Bertz CT molecular complexity index is 394. The van der Waals surface area contributed by atoms with Gasteiger partial charge in [0.2, 0.25) is 11.8 Å².